The maximum absolute atomic E-state index is 15.3. The number of amides is 13. The number of ketones is 2. The molecular formula is C90H158N20O18. The van der Waals surface area contributed by atoms with Crippen LogP contribution >= 0.6 is 0 Å². The number of Topliss-reactive ketones (excluding diaryl/α,β-unsaturated/α-hetero) is 2. The third-order valence-corrected chi connectivity index (χ3v) is 23.8. The van der Waals surface area contributed by atoms with Crippen molar-refractivity contribution in [3.8, 4) is 5.75 Å². The average molecular weight is 1810 g/mol. The van der Waals surface area contributed by atoms with Crippen molar-refractivity contribution in [1.29, 1.82) is 0 Å². The van der Waals surface area contributed by atoms with Crippen molar-refractivity contribution in [1.82, 2.24) is 79.4 Å². The third kappa shape index (κ3) is 37.4. The minimum absolute atomic E-state index is 0.0105. The Bertz CT molecular complexity index is 3780. The highest BCUT2D eigenvalue weighted by Crippen LogP contribution is 2.26. The van der Waals surface area contributed by atoms with Crippen molar-refractivity contribution in [2.75, 3.05) is 32.8 Å². The van der Waals surface area contributed by atoms with Gasteiger partial charge in [0, 0.05) is 13.0 Å². The van der Waals surface area contributed by atoms with E-state index < -0.39 is 214 Å². The number of phenols is 1. The van der Waals surface area contributed by atoms with Crippen LogP contribution in [-0.4, -0.2) is 238 Å². The van der Waals surface area contributed by atoms with Gasteiger partial charge in [-0.2, -0.15) is 0 Å². The van der Waals surface area contributed by atoms with Gasteiger partial charge in [0.15, 0.2) is 0 Å². The summed E-state index contributed by atoms with van der Waals surface area (Å²) in [5.74, 6) is -3.04. The number of aliphatic hydroxyl groups is 1. The van der Waals surface area contributed by atoms with Crippen molar-refractivity contribution < 1.29 is 87.0 Å². The van der Waals surface area contributed by atoms with Gasteiger partial charge < -0.3 is 101 Å². The van der Waals surface area contributed by atoms with Crippen molar-refractivity contribution >= 4 is 88.4 Å². The van der Waals surface area contributed by atoms with Crippen LogP contribution in [0.15, 0.2) is 36.4 Å². The van der Waals surface area contributed by atoms with E-state index in [0.717, 1.165) is 0 Å². The van der Waals surface area contributed by atoms with E-state index in [9.17, 15) is 72.5 Å². The lowest BCUT2D eigenvalue weighted by Gasteiger charge is -2.35. The molecule has 0 radical (unpaired) electrons. The zero-order valence-electron chi connectivity index (χ0n) is 78.9. The summed E-state index contributed by atoms with van der Waals surface area (Å²) >= 11 is 0. The number of carbonyl (C=O) groups excluding carboxylic acids is 15. The lowest BCUT2D eigenvalue weighted by molar-refractivity contribution is -0.146. The smallest absolute Gasteiger partial charge is 0.245 e. The Balaban J connectivity index is 1.99. The Morgan fingerprint density at radius 1 is 0.539 bits per heavy atom. The van der Waals surface area contributed by atoms with Crippen LogP contribution in [0.4, 0.5) is 0 Å². The Labute approximate surface area is 757 Å². The predicted molar refractivity (Wildman–Crippen MR) is 487 cm³/mol. The number of benzene rings is 1. The summed E-state index contributed by atoms with van der Waals surface area (Å²) in [6, 6.07) is -11.9. The van der Waals surface area contributed by atoms with E-state index in [1.165, 1.54) is 37.8 Å². The number of unbranched alkanes of at least 4 members (excludes halogenated alkanes) is 3. The molecular weight excluding hydrogens is 1650 g/mol. The molecule has 2 heterocycles. The lowest BCUT2D eigenvalue weighted by atomic mass is 9.90. The number of aliphatic hydroxyl groups excluding tert-OH is 1. The molecule has 38 nitrogen and oxygen atoms in total. The first-order valence-electron chi connectivity index (χ1n) is 46.1. The van der Waals surface area contributed by atoms with Crippen LogP contribution in [0.5, 0.6) is 5.75 Å². The van der Waals surface area contributed by atoms with E-state index in [1.54, 1.807) is 74.4 Å². The first kappa shape index (κ1) is 113. The maximum atomic E-state index is 15.3. The van der Waals surface area contributed by atoms with Gasteiger partial charge in [-0.1, -0.05) is 120 Å². The van der Waals surface area contributed by atoms with Gasteiger partial charge in [-0.25, -0.2) is 11.3 Å². The molecule has 3 rings (SSSR count). The second-order valence-electron chi connectivity index (χ2n) is 36.9. The molecule has 38 heteroatoms. The third-order valence-electron chi connectivity index (χ3n) is 23.8. The van der Waals surface area contributed by atoms with E-state index in [4.69, 9.17) is 33.8 Å². The molecule has 726 valence electrons. The number of carbonyl (C=O) groups is 15. The first-order chi connectivity index (χ1) is 60.3. The van der Waals surface area contributed by atoms with Crippen LogP contribution in [0.3, 0.4) is 0 Å². The average Bonchev–Trinajstić information content (AvgIpc) is 1.55. The summed E-state index contributed by atoms with van der Waals surface area (Å²) in [7, 11) is 0. The van der Waals surface area contributed by atoms with E-state index in [1.807, 2.05) is 46.8 Å². The lowest BCUT2D eigenvalue weighted by Crippen LogP contribution is -2.64. The maximum Gasteiger partial charge on any atom is 0.245 e. The number of hydrogen-bond donors (Lipinski definition) is 21. The number of nitrogens with two attached hydrogens (primary N) is 5. The molecule has 0 spiro atoms. The molecule has 26 N–H and O–H groups in total. The molecule has 1 fully saturated rings. The van der Waals surface area contributed by atoms with E-state index in [2.05, 4.69) is 74.5 Å². The number of likely N-dealkylation sites (tertiary alicyclic amines) is 1. The molecule has 0 aromatic heterocycles. The van der Waals surface area contributed by atoms with Crippen LogP contribution < -0.4 is 103 Å². The molecule has 8 unspecified atom stereocenters. The predicted octanol–water partition coefficient (Wildman–Crippen LogP) is 0.925. The summed E-state index contributed by atoms with van der Waals surface area (Å²) < 4.78 is 0. The number of nitrogens with one attached hydrogen (secondary N) is 14. The van der Waals surface area contributed by atoms with Crippen molar-refractivity contribution in [2.45, 2.75) is 361 Å². The Kier molecular flexibility index (Phi) is 50.4. The fraction of sp³-hybridized carbons (Fsp3) is 0.744. The van der Waals surface area contributed by atoms with Crippen LogP contribution in [0, 0.1) is 35.5 Å². The largest absolute Gasteiger partial charge is 0.508 e. The van der Waals surface area contributed by atoms with Crippen molar-refractivity contribution in [2.24, 2.45) is 64.4 Å². The summed E-state index contributed by atoms with van der Waals surface area (Å²) in [6.45, 7) is 29.4. The van der Waals surface area contributed by atoms with Crippen molar-refractivity contribution in [3.05, 3.63) is 42.0 Å². The highest BCUT2D eigenvalue weighted by Gasteiger charge is 2.46. The fourth-order valence-corrected chi connectivity index (χ4v) is 15.5. The topological polar surface area (TPSA) is 607 Å². The van der Waals surface area contributed by atoms with Gasteiger partial charge >= 0.3 is 0 Å². The molecule has 0 aliphatic carbocycles. The van der Waals surface area contributed by atoms with Crippen LogP contribution in [0.25, 0.3) is 0 Å². The molecule has 1 aromatic carbocycles. The number of aromatic hydroxyl groups is 1. The Morgan fingerprint density at radius 2 is 1.03 bits per heavy atom. The molecule has 2 aliphatic rings. The Hall–Kier alpha value is -9.15. The number of nitrogens with zero attached hydrogens (tertiary/aromatic N) is 1. The van der Waals surface area contributed by atoms with E-state index in [0.29, 0.717) is 89.0 Å². The van der Waals surface area contributed by atoms with E-state index in [-0.39, 0.29) is 108 Å². The quantitative estimate of drug-likeness (QED) is 0.0142. The van der Waals surface area contributed by atoms with E-state index >= 15 is 9.59 Å². The molecule has 128 heavy (non-hydrogen) atoms. The normalized spacial score (nSPS) is 22.1. The summed E-state index contributed by atoms with van der Waals surface area (Å²) in [5, 5.41) is 57.1. The number of allylic oxidation sites excluding steroid dienone is 2. The van der Waals surface area contributed by atoms with Gasteiger partial charge in [0.2, 0.25) is 88.4 Å². The van der Waals surface area contributed by atoms with Gasteiger partial charge in [-0.3, -0.25) is 83.1 Å². The highest BCUT2D eigenvalue weighted by molar-refractivity contribution is 6.41. The van der Waals surface area contributed by atoms with Gasteiger partial charge in [0.25, 0.3) is 0 Å². The number of hydrogen-bond acceptors (Lipinski definition) is 25. The van der Waals surface area contributed by atoms with Crippen LogP contribution in [0.1, 0.15) is 258 Å². The van der Waals surface area contributed by atoms with Crippen molar-refractivity contribution in [3.63, 3.8) is 0 Å². The minimum atomic E-state index is -1.70. The standard InChI is InChI=1S/C90H158N20O18/c1-18-55(11)71-84(123)101-66(48-52(5)6)81(120)108-89(16,50-128-95)41-27-22-20-21-23-28-42-90(17,88(127)102-67(80(119)105-71)49-60-37-39-61(112)40-38-60)107-57(13)74(113)75(114)68-36-32-46-110(68)87(126)64(35-26-31-45-93)99-82(121)69(53(7)8)103-83(122)70(54(9)10)104-85(124)72(56(12)19-2)106-79(118)65(47-51(3)4)100-78(117)63(34-25-30-44-92)98-77(116)62(33-24-29-43-91)97-76(115)58(14)96-86(125)73(109-94)59(15)111/h20-21,37-40,51-59,62-73,107,109,111-112H,18-19,22-36,41-50,91-95H2,1-17H3,(H,96,125)(H,97,115)(H,98,116)(H,99,121)(H,100,117)(H,101,123)(H,102,127)(H,103,122)(H,104,124)(H,105,119)(H,106,118)(H,108,120)/b21-20-/t55-,56-,57-,58-,59+,62?,63-,64?,65?,66?,67?,68-,69-,70?,71-,72-,73-,89?,90?/m0/s1. The molecule has 13 amide bonds. The molecule has 19 atom stereocenters. The first-order valence-corrected chi connectivity index (χ1v) is 46.1. The summed E-state index contributed by atoms with van der Waals surface area (Å²) in [6.07, 6.45) is 8.95. The highest BCUT2D eigenvalue weighted by atomic mass is 16.6. The monoisotopic (exact) mass is 1810 g/mol. The molecule has 2 aliphatic heterocycles. The fourth-order valence-electron chi connectivity index (χ4n) is 15.5. The second-order valence-corrected chi connectivity index (χ2v) is 36.9. The molecule has 1 saturated heterocycles. The molecule has 0 saturated carbocycles. The number of rotatable bonds is 50. The molecule has 0 bridgehead atoms. The SMILES string of the molecule is CC[C@H](C)[C@@H]1NC(=O)C(Cc2ccc(O)cc2)NC(=O)C(C)(N[C@@H](C)C(=O)C(=O)[C@@H]2CCCN2C(=O)C(CCCCN)NC(=O)[C@@H](NC(=O)C(NC(=O)[C@@H](NC(=O)C(CC(C)C)NC(=O)[C@H](CCCCN)NC(=O)C(CCCCN)NC(=O)[C@H](C)NC(=O)[C@@H](NN)[C@@H](C)O)[C@@H](C)CC)C(C)C)C(C)C)CCC/C=C\CCCC(C)(CON)NC(=O)C(CC(C)C)NC1=O. The minimum Gasteiger partial charge on any atom is -0.508 e. The summed E-state index contributed by atoms with van der Waals surface area (Å²) in [5.41, 5.74) is 17.6. The van der Waals surface area contributed by atoms with Gasteiger partial charge in [-0.15, -0.1) is 0 Å². The van der Waals surface area contributed by atoms with Crippen LogP contribution in [-0.2, 0) is 83.2 Å². The second kappa shape index (κ2) is 57.1. The summed E-state index contributed by atoms with van der Waals surface area (Å²) in [4.78, 5) is 225. The molecule has 1 aromatic rings. The Morgan fingerprint density at radius 3 is 1.53 bits per heavy atom. The van der Waals surface area contributed by atoms with Crippen LogP contribution in [0.2, 0.25) is 0 Å². The number of hydrazine groups is 1. The zero-order chi connectivity index (χ0) is 96.5. The van der Waals surface area contributed by atoms with Gasteiger partial charge in [-0.05, 0) is 229 Å². The van der Waals surface area contributed by atoms with Gasteiger partial charge in [0.1, 0.15) is 78.3 Å². The van der Waals surface area contributed by atoms with Gasteiger partial charge in [0.05, 0.1) is 35.9 Å². The zero-order valence-corrected chi connectivity index (χ0v) is 78.9. The number of phenolic OH excluding ortho intramolecular Hbond substituents is 1.